The number of benzene rings is 1. The summed E-state index contributed by atoms with van der Waals surface area (Å²) in [6.45, 7) is 2.36. The molecule has 2 rings (SSSR count). The van der Waals surface area contributed by atoms with Gasteiger partial charge in [0, 0.05) is 22.6 Å². The van der Waals surface area contributed by atoms with Crippen LogP contribution in [0.4, 0.5) is 5.69 Å². The molecule has 0 aliphatic heterocycles. The zero-order valence-electron chi connectivity index (χ0n) is 10.3. The minimum atomic E-state index is -0.376. The van der Waals surface area contributed by atoms with Crippen molar-refractivity contribution in [2.45, 2.75) is 19.5 Å². The molecule has 0 saturated carbocycles. The first-order valence-corrected chi connectivity index (χ1v) is 6.57. The molecule has 0 radical (unpaired) electrons. The molecule has 0 amide bonds. The molecule has 0 aliphatic rings. The van der Waals surface area contributed by atoms with Gasteiger partial charge in [-0.2, -0.15) is 0 Å². The second-order valence-electron chi connectivity index (χ2n) is 4.15. The Morgan fingerprint density at radius 2 is 2.26 bits per heavy atom. The van der Waals surface area contributed by atoms with E-state index in [9.17, 15) is 10.1 Å². The molecule has 0 bridgehead atoms. The van der Waals surface area contributed by atoms with Gasteiger partial charge in [0.1, 0.15) is 5.76 Å². The molecule has 2 aromatic rings. The van der Waals surface area contributed by atoms with Crippen LogP contribution >= 0.6 is 15.9 Å². The Kier molecular flexibility index (Phi) is 4.34. The summed E-state index contributed by atoms with van der Waals surface area (Å²) in [7, 11) is 0. The summed E-state index contributed by atoms with van der Waals surface area (Å²) in [5.41, 5.74) is 0.750. The van der Waals surface area contributed by atoms with Gasteiger partial charge in [0.05, 0.1) is 17.2 Å². The van der Waals surface area contributed by atoms with Crippen molar-refractivity contribution in [2.75, 3.05) is 0 Å². The van der Waals surface area contributed by atoms with E-state index >= 15 is 0 Å². The molecule has 1 aromatic carbocycles. The Labute approximate surface area is 118 Å². The van der Waals surface area contributed by atoms with Gasteiger partial charge >= 0.3 is 0 Å². The maximum Gasteiger partial charge on any atom is 0.275 e. The Balaban J connectivity index is 2.09. The standard InChI is InChI=1S/C13H13BrN2O3/c1-9(13-3-2-6-19-13)15-8-10-4-5-11(14)7-12(10)16(17)18/h2-7,9,15H,8H2,1H3/t9-/m1/s1. The predicted octanol–water partition coefficient (Wildman–Crippen LogP) is 3.80. The van der Waals surface area contributed by atoms with Gasteiger partial charge in [-0.15, -0.1) is 0 Å². The molecule has 0 spiro atoms. The van der Waals surface area contributed by atoms with Crippen molar-refractivity contribution in [1.29, 1.82) is 0 Å². The van der Waals surface area contributed by atoms with Gasteiger partial charge in [0.2, 0.25) is 0 Å². The van der Waals surface area contributed by atoms with Crippen LogP contribution in [0.15, 0.2) is 45.5 Å². The number of hydrogen-bond donors (Lipinski definition) is 1. The van der Waals surface area contributed by atoms with Crippen molar-refractivity contribution in [3.63, 3.8) is 0 Å². The first-order valence-electron chi connectivity index (χ1n) is 5.77. The molecule has 1 heterocycles. The van der Waals surface area contributed by atoms with Crippen molar-refractivity contribution >= 4 is 21.6 Å². The fourth-order valence-corrected chi connectivity index (χ4v) is 2.11. The number of furan rings is 1. The Hall–Kier alpha value is -1.66. The van der Waals surface area contributed by atoms with E-state index in [2.05, 4.69) is 21.2 Å². The third-order valence-electron chi connectivity index (χ3n) is 2.81. The maximum atomic E-state index is 11.0. The van der Waals surface area contributed by atoms with E-state index in [4.69, 9.17) is 4.42 Å². The van der Waals surface area contributed by atoms with Gasteiger partial charge in [0.15, 0.2) is 0 Å². The highest BCUT2D eigenvalue weighted by molar-refractivity contribution is 9.10. The number of nitro benzene ring substituents is 1. The van der Waals surface area contributed by atoms with Gasteiger partial charge in [-0.3, -0.25) is 10.1 Å². The maximum absolute atomic E-state index is 11.0. The molecule has 5 nitrogen and oxygen atoms in total. The molecule has 1 aromatic heterocycles. The molecule has 100 valence electrons. The highest BCUT2D eigenvalue weighted by atomic mass is 79.9. The van der Waals surface area contributed by atoms with Gasteiger partial charge < -0.3 is 9.73 Å². The summed E-state index contributed by atoms with van der Waals surface area (Å²) < 4.78 is 5.97. The van der Waals surface area contributed by atoms with Crippen molar-refractivity contribution in [2.24, 2.45) is 0 Å². The van der Waals surface area contributed by atoms with Gasteiger partial charge in [-0.25, -0.2) is 0 Å². The third-order valence-corrected chi connectivity index (χ3v) is 3.31. The van der Waals surface area contributed by atoms with E-state index in [0.29, 0.717) is 16.6 Å². The number of nitro groups is 1. The Morgan fingerprint density at radius 3 is 2.89 bits per heavy atom. The van der Waals surface area contributed by atoms with E-state index in [-0.39, 0.29) is 16.7 Å². The molecule has 1 N–H and O–H groups in total. The van der Waals surface area contributed by atoms with E-state index in [1.165, 1.54) is 6.07 Å². The molecule has 0 fully saturated rings. The summed E-state index contributed by atoms with van der Waals surface area (Å²) in [5.74, 6) is 0.805. The van der Waals surface area contributed by atoms with E-state index in [1.807, 2.05) is 19.1 Å². The van der Waals surface area contributed by atoms with E-state index in [1.54, 1.807) is 18.4 Å². The first-order chi connectivity index (χ1) is 9.08. The number of nitrogens with zero attached hydrogens (tertiary/aromatic N) is 1. The predicted molar refractivity (Wildman–Crippen MR) is 74.8 cm³/mol. The van der Waals surface area contributed by atoms with Crippen LogP contribution in [-0.4, -0.2) is 4.92 Å². The van der Waals surface area contributed by atoms with Crippen LogP contribution in [0.5, 0.6) is 0 Å². The monoisotopic (exact) mass is 324 g/mol. The van der Waals surface area contributed by atoms with Crippen molar-refractivity contribution < 1.29 is 9.34 Å². The average molecular weight is 325 g/mol. The fourth-order valence-electron chi connectivity index (χ4n) is 1.76. The van der Waals surface area contributed by atoms with Crippen molar-refractivity contribution in [3.05, 3.63) is 62.5 Å². The second kappa shape index (κ2) is 5.99. The molecule has 1 atom stereocenters. The molecular formula is C13H13BrN2O3. The topological polar surface area (TPSA) is 68.3 Å². The zero-order chi connectivity index (χ0) is 13.8. The molecule has 0 aliphatic carbocycles. The SMILES string of the molecule is C[C@@H](NCc1ccc(Br)cc1[N+](=O)[O-])c1ccco1. The summed E-state index contributed by atoms with van der Waals surface area (Å²) in [6.07, 6.45) is 1.61. The number of rotatable bonds is 5. The van der Waals surface area contributed by atoms with Crippen molar-refractivity contribution in [3.8, 4) is 0 Å². The fraction of sp³-hybridized carbons (Fsp3) is 0.231. The largest absolute Gasteiger partial charge is 0.468 e. The highest BCUT2D eigenvalue weighted by Crippen LogP contribution is 2.24. The summed E-state index contributed by atoms with van der Waals surface area (Å²) in [4.78, 5) is 10.6. The lowest BCUT2D eigenvalue weighted by atomic mass is 10.1. The highest BCUT2D eigenvalue weighted by Gasteiger charge is 2.15. The van der Waals surface area contributed by atoms with Crippen LogP contribution < -0.4 is 5.32 Å². The Bertz CT molecular complexity index is 569. The lowest BCUT2D eigenvalue weighted by Crippen LogP contribution is -2.18. The molecular weight excluding hydrogens is 312 g/mol. The molecule has 0 saturated heterocycles. The molecule has 19 heavy (non-hydrogen) atoms. The molecule has 0 unspecified atom stereocenters. The summed E-state index contributed by atoms with van der Waals surface area (Å²) in [6, 6.07) is 8.72. The number of halogens is 1. The lowest BCUT2D eigenvalue weighted by molar-refractivity contribution is -0.385. The van der Waals surface area contributed by atoms with Crippen LogP contribution in [0.1, 0.15) is 24.3 Å². The Morgan fingerprint density at radius 1 is 1.47 bits per heavy atom. The lowest BCUT2D eigenvalue weighted by Gasteiger charge is -2.11. The van der Waals surface area contributed by atoms with Gasteiger partial charge in [0.25, 0.3) is 5.69 Å². The minimum absolute atomic E-state index is 0.00162. The zero-order valence-corrected chi connectivity index (χ0v) is 11.9. The van der Waals surface area contributed by atoms with E-state index < -0.39 is 0 Å². The van der Waals surface area contributed by atoms with Crippen LogP contribution in [-0.2, 0) is 6.54 Å². The normalized spacial score (nSPS) is 12.3. The smallest absolute Gasteiger partial charge is 0.275 e. The summed E-state index contributed by atoms with van der Waals surface area (Å²) in [5, 5.41) is 14.2. The van der Waals surface area contributed by atoms with Gasteiger partial charge in [-0.05, 0) is 31.2 Å². The number of hydrogen-bond acceptors (Lipinski definition) is 4. The van der Waals surface area contributed by atoms with Crippen LogP contribution in [0.25, 0.3) is 0 Å². The minimum Gasteiger partial charge on any atom is -0.468 e. The van der Waals surface area contributed by atoms with Gasteiger partial charge in [-0.1, -0.05) is 15.9 Å². The van der Waals surface area contributed by atoms with Crippen LogP contribution in [0.2, 0.25) is 0 Å². The average Bonchev–Trinajstić information content (AvgIpc) is 2.90. The van der Waals surface area contributed by atoms with E-state index in [0.717, 1.165) is 5.76 Å². The van der Waals surface area contributed by atoms with Crippen LogP contribution in [0.3, 0.4) is 0 Å². The first kappa shape index (κ1) is 13.8. The third kappa shape index (κ3) is 3.42. The summed E-state index contributed by atoms with van der Waals surface area (Å²) >= 11 is 3.24. The quantitative estimate of drug-likeness (QED) is 0.670. The van der Waals surface area contributed by atoms with Crippen LogP contribution in [0, 0.1) is 10.1 Å². The second-order valence-corrected chi connectivity index (χ2v) is 5.06. The number of nitrogens with one attached hydrogen (secondary N) is 1. The molecule has 6 heteroatoms. The van der Waals surface area contributed by atoms with Crippen molar-refractivity contribution in [1.82, 2.24) is 5.32 Å².